The van der Waals surface area contributed by atoms with E-state index in [9.17, 15) is 4.79 Å². The largest absolute Gasteiger partial charge is 0.497 e. The van der Waals surface area contributed by atoms with E-state index in [-0.39, 0.29) is 0 Å². The molecule has 0 aliphatic rings. The summed E-state index contributed by atoms with van der Waals surface area (Å²) in [7, 11) is 1.66. The summed E-state index contributed by atoms with van der Waals surface area (Å²) in [5.41, 5.74) is 1.49. The molecule has 0 radical (unpaired) electrons. The summed E-state index contributed by atoms with van der Waals surface area (Å²) in [5, 5.41) is 0. The highest BCUT2D eigenvalue weighted by molar-refractivity contribution is 5.47. The number of rotatable bonds is 11. The van der Waals surface area contributed by atoms with E-state index < -0.39 is 0 Å². The standard InChI is InChI=1S/C19H31NO2/c1-5-11-19(3,12-6-2)13-14-20(16-21)15-17-7-9-18(22-4)10-8-17/h7-10,16H,5-6,11-15H2,1-4H3. The van der Waals surface area contributed by atoms with Crippen molar-refractivity contribution in [2.24, 2.45) is 5.41 Å². The quantitative estimate of drug-likeness (QED) is 0.557. The SMILES string of the molecule is CCCC(C)(CCC)CCN(C=O)Cc1ccc(OC)cc1. The van der Waals surface area contributed by atoms with Gasteiger partial charge in [-0.05, 0) is 42.4 Å². The second kappa shape index (κ2) is 9.50. The van der Waals surface area contributed by atoms with Crippen LogP contribution in [0.4, 0.5) is 0 Å². The van der Waals surface area contributed by atoms with Gasteiger partial charge in [-0.3, -0.25) is 4.79 Å². The van der Waals surface area contributed by atoms with Crippen LogP contribution < -0.4 is 4.74 Å². The molecule has 0 spiro atoms. The smallest absolute Gasteiger partial charge is 0.210 e. The van der Waals surface area contributed by atoms with Crippen LogP contribution >= 0.6 is 0 Å². The maximum absolute atomic E-state index is 11.4. The van der Waals surface area contributed by atoms with Gasteiger partial charge in [-0.1, -0.05) is 45.7 Å². The predicted molar refractivity (Wildman–Crippen MR) is 92.0 cm³/mol. The van der Waals surface area contributed by atoms with Crippen LogP contribution in [0.5, 0.6) is 5.75 Å². The second-order valence-corrected chi connectivity index (χ2v) is 6.48. The Kier molecular flexibility index (Phi) is 8.00. The maximum atomic E-state index is 11.4. The number of amides is 1. The Morgan fingerprint density at radius 3 is 2.14 bits per heavy atom. The van der Waals surface area contributed by atoms with Crippen molar-refractivity contribution < 1.29 is 9.53 Å². The number of hydrogen-bond acceptors (Lipinski definition) is 2. The van der Waals surface area contributed by atoms with Gasteiger partial charge in [0, 0.05) is 13.1 Å². The molecule has 3 nitrogen and oxygen atoms in total. The Morgan fingerprint density at radius 1 is 1.09 bits per heavy atom. The number of ether oxygens (including phenoxy) is 1. The van der Waals surface area contributed by atoms with Crippen molar-refractivity contribution >= 4 is 6.41 Å². The third kappa shape index (κ3) is 6.08. The molecule has 0 saturated heterocycles. The molecule has 0 unspecified atom stereocenters. The summed E-state index contributed by atoms with van der Waals surface area (Å²) in [6.07, 6.45) is 6.92. The fourth-order valence-corrected chi connectivity index (χ4v) is 3.13. The number of nitrogens with zero attached hydrogens (tertiary/aromatic N) is 1. The van der Waals surface area contributed by atoms with Crippen LogP contribution in [0.25, 0.3) is 0 Å². The van der Waals surface area contributed by atoms with Gasteiger partial charge in [-0.15, -0.1) is 0 Å². The fourth-order valence-electron chi connectivity index (χ4n) is 3.13. The topological polar surface area (TPSA) is 29.5 Å². The Bertz CT molecular complexity index is 422. The van der Waals surface area contributed by atoms with E-state index >= 15 is 0 Å². The summed E-state index contributed by atoms with van der Waals surface area (Å²) >= 11 is 0. The van der Waals surface area contributed by atoms with Gasteiger partial charge in [0.2, 0.25) is 6.41 Å². The molecule has 0 saturated carbocycles. The first-order valence-corrected chi connectivity index (χ1v) is 8.39. The molecule has 0 heterocycles. The number of methoxy groups -OCH3 is 1. The monoisotopic (exact) mass is 305 g/mol. The van der Waals surface area contributed by atoms with E-state index in [1.54, 1.807) is 7.11 Å². The summed E-state index contributed by atoms with van der Waals surface area (Å²) in [6.45, 7) is 8.33. The van der Waals surface area contributed by atoms with Gasteiger partial charge in [-0.2, -0.15) is 0 Å². The lowest BCUT2D eigenvalue weighted by molar-refractivity contribution is -0.119. The molecule has 124 valence electrons. The Balaban J connectivity index is 2.57. The molecule has 3 heteroatoms. The average Bonchev–Trinajstić information content (AvgIpc) is 2.52. The van der Waals surface area contributed by atoms with Crippen molar-refractivity contribution in [3.05, 3.63) is 29.8 Å². The van der Waals surface area contributed by atoms with Crippen LogP contribution in [0.15, 0.2) is 24.3 Å². The molecule has 0 fully saturated rings. The molecule has 1 aromatic carbocycles. The lowest BCUT2D eigenvalue weighted by atomic mass is 9.78. The summed E-state index contributed by atoms with van der Waals surface area (Å²) < 4.78 is 5.16. The molecule has 0 bridgehead atoms. The highest BCUT2D eigenvalue weighted by Gasteiger charge is 2.22. The van der Waals surface area contributed by atoms with Gasteiger partial charge in [0.15, 0.2) is 0 Å². The van der Waals surface area contributed by atoms with Crippen LogP contribution in [-0.4, -0.2) is 25.0 Å². The summed E-state index contributed by atoms with van der Waals surface area (Å²) in [6, 6.07) is 7.92. The molecule has 0 aliphatic carbocycles. The zero-order valence-corrected chi connectivity index (χ0v) is 14.6. The minimum Gasteiger partial charge on any atom is -0.497 e. The first-order valence-electron chi connectivity index (χ1n) is 8.39. The summed E-state index contributed by atoms with van der Waals surface area (Å²) in [4.78, 5) is 13.2. The number of carbonyl (C=O) groups excluding carboxylic acids is 1. The van der Waals surface area contributed by atoms with Gasteiger partial charge >= 0.3 is 0 Å². The zero-order valence-electron chi connectivity index (χ0n) is 14.6. The van der Waals surface area contributed by atoms with Gasteiger partial charge in [0.25, 0.3) is 0 Å². The molecule has 0 aromatic heterocycles. The first kappa shape index (κ1) is 18.5. The Morgan fingerprint density at radius 2 is 1.68 bits per heavy atom. The lowest BCUT2D eigenvalue weighted by Crippen LogP contribution is -2.28. The maximum Gasteiger partial charge on any atom is 0.210 e. The number of hydrogen-bond donors (Lipinski definition) is 0. The van der Waals surface area contributed by atoms with Crippen LogP contribution in [0.3, 0.4) is 0 Å². The van der Waals surface area contributed by atoms with Crippen LogP contribution in [-0.2, 0) is 11.3 Å². The Labute approximate surface area is 135 Å². The van der Waals surface area contributed by atoms with Gasteiger partial charge in [0.1, 0.15) is 5.75 Å². The third-order valence-corrected chi connectivity index (χ3v) is 4.40. The highest BCUT2D eigenvalue weighted by atomic mass is 16.5. The summed E-state index contributed by atoms with van der Waals surface area (Å²) in [5.74, 6) is 0.847. The van der Waals surface area contributed by atoms with Crippen molar-refractivity contribution in [1.29, 1.82) is 0 Å². The highest BCUT2D eigenvalue weighted by Crippen LogP contribution is 2.33. The van der Waals surface area contributed by atoms with E-state index in [1.165, 1.54) is 25.7 Å². The molecule has 1 aromatic rings. The normalized spacial score (nSPS) is 11.3. The first-order chi connectivity index (χ1) is 10.6. The van der Waals surface area contributed by atoms with Gasteiger partial charge in [0.05, 0.1) is 7.11 Å². The van der Waals surface area contributed by atoms with E-state index in [1.807, 2.05) is 29.2 Å². The molecule has 1 rings (SSSR count). The van der Waals surface area contributed by atoms with Crippen molar-refractivity contribution in [1.82, 2.24) is 4.90 Å². The molecular weight excluding hydrogens is 274 g/mol. The number of carbonyl (C=O) groups is 1. The molecule has 0 atom stereocenters. The average molecular weight is 305 g/mol. The van der Waals surface area contributed by atoms with E-state index in [0.717, 1.165) is 30.7 Å². The zero-order chi connectivity index (χ0) is 16.4. The minimum atomic E-state index is 0.352. The lowest BCUT2D eigenvalue weighted by Gasteiger charge is -2.31. The Hall–Kier alpha value is -1.51. The van der Waals surface area contributed by atoms with E-state index in [0.29, 0.717) is 12.0 Å². The predicted octanol–water partition coefficient (Wildman–Crippen LogP) is 4.65. The number of benzene rings is 1. The van der Waals surface area contributed by atoms with Crippen molar-refractivity contribution in [2.75, 3.05) is 13.7 Å². The second-order valence-electron chi connectivity index (χ2n) is 6.48. The third-order valence-electron chi connectivity index (χ3n) is 4.40. The molecule has 22 heavy (non-hydrogen) atoms. The van der Waals surface area contributed by atoms with Gasteiger partial charge < -0.3 is 9.64 Å². The molecule has 1 amide bonds. The van der Waals surface area contributed by atoms with Crippen LogP contribution in [0.2, 0.25) is 0 Å². The van der Waals surface area contributed by atoms with E-state index in [4.69, 9.17) is 4.74 Å². The molecule has 0 N–H and O–H groups in total. The van der Waals surface area contributed by atoms with Crippen molar-refractivity contribution in [3.8, 4) is 5.75 Å². The molecule has 0 aliphatic heterocycles. The fraction of sp³-hybridized carbons (Fsp3) is 0.632. The van der Waals surface area contributed by atoms with Crippen LogP contribution in [0.1, 0.15) is 58.4 Å². The van der Waals surface area contributed by atoms with E-state index in [2.05, 4.69) is 20.8 Å². The van der Waals surface area contributed by atoms with Crippen LogP contribution in [0, 0.1) is 5.41 Å². The van der Waals surface area contributed by atoms with Crippen molar-refractivity contribution in [3.63, 3.8) is 0 Å². The van der Waals surface area contributed by atoms with Gasteiger partial charge in [-0.25, -0.2) is 0 Å². The molecular formula is C19H31NO2. The minimum absolute atomic E-state index is 0.352. The van der Waals surface area contributed by atoms with Crippen molar-refractivity contribution in [2.45, 2.75) is 59.4 Å².